The molecular weight excluding hydrogens is 622 g/mol. The maximum absolute atomic E-state index is 14.0. The van der Waals surface area contributed by atoms with E-state index in [4.69, 9.17) is 24.3 Å². The molecule has 3 heterocycles. The number of nitrogens with one attached hydrogen (secondary N) is 1. The second-order valence-corrected chi connectivity index (χ2v) is 13.2. The SMILES string of the molecule is C[C@H](N[P@](=O)(OC[C@@]1(C)O[C@@H](c2ccc3c(N)ncnn23)[C@H](O)[C@@H]1O)Oc1ccccc1)C(=O)OC1CCC(C(F)(F)F)CC1. The fourth-order valence-corrected chi connectivity index (χ4v) is 7.07. The lowest BCUT2D eigenvalue weighted by molar-refractivity contribution is -0.188. The number of anilines is 1. The first-order chi connectivity index (χ1) is 21.2. The van der Waals surface area contributed by atoms with Gasteiger partial charge < -0.3 is 29.9 Å². The second-order valence-electron chi connectivity index (χ2n) is 11.5. The van der Waals surface area contributed by atoms with Crippen LogP contribution in [0.5, 0.6) is 5.75 Å². The predicted molar refractivity (Wildman–Crippen MR) is 153 cm³/mol. The summed E-state index contributed by atoms with van der Waals surface area (Å²) in [5, 5.41) is 28.6. The van der Waals surface area contributed by atoms with Gasteiger partial charge in [-0.15, -0.1) is 0 Å². The number of ether oxygens (including phenoxy) is 2. The quantitative estimate of drug-likeness (QED) is 0.184. The summed E-state index contributed by atoms with van der Waals surface area (Å²) >= 11 is 0. The van der Waals surface area contributed by atoms with Crippen molar-refractivity contribution in [2.75, 3.05) is 12.3 Å². The first-order valence-electron chi connectivity index (χ1n) is 14.4. The van der Waals surface area contributed by atoms with Crippen LogP contribution in [-0.4, -0.2) is 73.5 Å². The number of nitrogen functional groups attached to an aromatic ring is 1. The highest BCUT2D eigenvalue weighted by Crippen LogP contribution is 2.48. The molecule has 1 aromatic carbocycles. The summed E-state index contributed by atoms with van der Waals surface area (Å²) in [7, 11) is -4.42. The number of fused-ring (bicyclic) bond motifs is 1. The van der Waals surface area contributed by atoms with Crippen LogP contribution in [0.1, 0.15) is 51.3 Å². The zero-order chi connectivity index (χ0) is 32.6. The molecule has 246 valence electrons. The van der Waals surface area contributed by atoms with Crippen molar-refractivity contribution in [1.29, 1.82) is 0 Å². The standard InChI is InChI=1S/C28H35F3N5O8P/c1-16(26(39)42-18-10-8-17(9-11-18)28(29,30)31)35-45(40,44-19-6-4-3-5-7-19)41-14-27(2)24(38)22(37)23(43-27)20-12-13-21-25(32)33-15-34-36(20)21/h3-7,12-13,15-18,22-24,37-38H,8-11,14H2,1-2H3,(H,35,40)(H2,32,33,34)/t16-,17?,18?,22-,23-,24-,27+,45-/m0/s1. The predicted octanol–water partition coefficient (Wildman–Crippen LogP) is 3.71. The average molecular weight is 658 g/mol. The number of rotatable bonds is 10. The second kappa shape index (κ2) is 12.9. The number of carbonyl (C=O) groups excluding carboxylic acids is 1. The van der Waals surface area contributed by atoms with Gasteiger partial charge in [0.05, 0.1) is 18.2 Å². The number of hydrogen-bond donors (Lipinski definition) is 4. The molecule has 2 aromatic heterocycles. The van der Waals surface area contributed by atoms with Gasteiger partial charge in [0, 0.05) is 0 Å². The van der Waals surface area contributed by atoms with Gasteiger partial charge >= 0.3 is 19.9 Å². The Morgan fingerprint density at radius 3 is 2.56 bits per heavy atom. The molecule has 0 radical (unpaired) electrons. The van der Waals surface area contributed by atoms with Gasteiger partial charge in [0.2, 0.25) is 0 Å². The van der Waals surface area contributed by atoms with E-state index in [2.05, 4.69) is 15.2 Å². The smallest absolute Gasteiger partial charge is 0.459 e. The third-order valence-electron chi connectivity index (χ3n) is 8.07. The molecule has 1 saturated carbocycles. The van der Waals surface area contributed by atoms with Gasteiger partial charge in [0.1, 0.15) is 53.7 Å². The molecule has 0 amide bonds. The van der Waals surface area contributed by atoms with Crippen molar-refractivity contribution >= 4 is 25.1 Å². The number of alkyl halides is 3. The van der Waals surface area contributed by atoms with Crippen LogP contribution in [0.15, 0.2) is 48.8 Å². The molecule has 1 aliphatic carbocycles. The van der Waals surface area contributed by atoms with Crippen molar-refractivity contribution < 1.29 is 51.3 Å². The van der Waals surface area contributed by atoms with E-state index in [9.17, 15) is 32.7 Å². The van der Waals surface area contributed by atoms with Crippen LogP contribution >= 0.6 is 7.75 Å². The number of aromatic nitrogens is 3. The minimum atomic E-state index is -4.42. The first kappa shape index (κ1) is 33.1. The van der Waals surface area contributed by atoms with Crippen LogP contribution in [0.4, 0.5) is 19.0 Å². The third kappa shape index (κ3) is 7.26. The minimum Gasteiger partial charge on any atom is -0.461 e. The van der Waals surface area contributed by atoms with Crippen molar-refractivity contribution in [2.24, 2.45) is 5.92 Å². The number of aliphatic hydroxyl groups excluding tert-OH is 2. The fourth-order valence-electron chi connectivity index (χ4n) is 5.49. The monoisotopic (exact) mass is 657 g/mol. The molecule has 0 bridgehead atoms. The van der Waals surface area contributed by atoms with Crippen LogP contribution in [0.2, 0.25) is 0 Å². The largest absolute Gasteiger partial charge is 0.461 e. The summed E-state index contributed by atoms with van der Waals surface area (Å²) in [4.78, 5) is 16.8. The van der Waals surface area contributed by atoms with Crippen molar-refractivity contribution in [1.82, 2.24) is 19.7 Å². The zero-order valence-electron chi connectivity index (χ0n) is 24.5. The molecule has 1 saturated heterocycles. The van der Waals surface area contributed by atoms with Crippen LogP contribution in [-0.2, 0) is 23.4 Å². The number of esters is 1. The van der Waals surface area contributed by atoms with Crippen molar-refractivity contribution in [3.63, 3.8) is 0 Å². The summed E-state index contributed by atoms with van der Waals surface area (Å²) in [6, 6.07) is 9.94. The van der Waals surface area contributed by atoms with Crippen LogP contribution in [0, 0.1) is 5.92 Å². The van der Waals surface area contributed by atoms with Gasteiger partial charge in [0.15, 0.2) is 5.82 Å². The zero-order valence-corrected chi connectivity index (χ0v) is 25.4. The van der Waals surface area contributed by atoms with E-state index >= 15 is 0 Å². The van der Waals surface area contributed by atoms with Gasteiger partial charge in [-0.05, 0) is 63.8 Å². The number of para-hydroxylation sites is 1. The number of hydrogen-bond acceptors (Lipinski definition) is 11. The maximum Gasteiger partial charge on any atom is 0.459 e. The maximum atomic E-state index is 14.0. The van der Waals surface area contributed by atoms with Crippen molar-refractivity contribution in [2.45, 2.75) is 81.8 Å². The molecule has 17 heteroatoms. The van der Waals surface area contributed by atoms with Gasteiger partial charge in [-0.2, -0.15) is 23.4 Å². The number of benzene rings is 1. The lowest BCUT2D eigenvalue weighted by Crippen LogP contribution is -2.45. The minimum absolute atomic E-state index is 0.0456. The number of nitrogens with two attached hydrogens (primary N) is 1. The van der Waals surface area contributed by atoms with E-state index in [1.165, 1.54) is 36.8 Å². The number of aliphatic hydroxyl groups is 2. The molecule has 5 N–H and O–H groups in total. The van der Waals surface area contributed by atoms with Crippen LogP contribution in [0.25, 0.3) is 5.52 Å². The summed E-state index contributed by atoms with van der Waals surface area (Å²) in [6.45, 7) is 2.23. The van der Waals surface area contributed by atoms with E-state index < -0.39 is 68.5 Å². The van der Waals surface area contributed by atoms with Crippen LogP contribution < -0.4 is 15.3 Å². The summed E-state index contributed by atoms with van der Waals surface area (Å²) in [5.41, 5.74) is 5.12. The third-order valence-corrected chi connectivity index (χ3v) is 9.70. The Labute approximate surface area is 256 Å². The summed E-state index contributed by atoms with van der Waals surface area (Å²) in [5.74, 6) is -1.97. The molecule has 6 atom stereocenters. The van der Waals surface area contributed by atoms with Crippen molar-refractivity contribution in [3.05, 3.63) is 54.5 Å². The fraction of sp³-hybridized carbons (Fsp3) is 0.536. The molecule has 3 aromatic rings. The molecule has 0 spiro atoms. The van der Waals surface area contributed by atoms with Gasteiger partial charge in [0.25, 0.3) is 0 Å². The Balaban J connectivity index is 1.28. The van der Waals surface area contributed by atoms with Gasteiger partial charge in [-0.25, -0.2) is 14.1 Å². The lowest BCUT2D eigenvalue weighted by atomic mass is 9.87. The molecule has 2 fully saturated rings. The molecule has 13 nitrogen and oxygen atoms in total. The summed E-state index contributed by atoms with van der Waals surface area (Å²) < 4.78 is 77.4. The van der Waals surface area contributed by atoms with Gasteiger partial charge in [-0.3, -0.25) is 9.32 Å². The van der Waals surface area contributed by atoms with E-state index in [1.807, 2.05) is 0 Å². The van der Waals surface area contributed by atoms with Gasteiger partial charge in [-0.1, -0.05) is 18.2 Å². The van der Waals surface area contributed by atoms with Crippen LogP contribution in [0.3, 0.4) is 0 Å². The summed E-state index contributed by atoms with van der Waals surface area (Å²) in [6.07, 6.45) is -8.07. The Morgan fingerprint density at radius 1 is 1.20 bits per heavy atom. The van der Waals surface area contributed by atoms with E-state index in [-0.39, 0.29) is 37.3 Å². The van der Waals surface area contributed by atoms with E-state index in [0.717, 1.165) is 0 Å². The lowest BCUT2D eigenvalue weighted by Gasteiger charge is -2.31. The number of carbonyl (C=O) groups is 1. The Hall–Kier alpha value is -3.27. The molecule has 5 rings (SSSR count). The highest BCUT2D eigenvalue weighted by atomic mass is 31.2. The first-order valence-corrected chi connectivity index (χ1v) is 15.9. The topological polar surface area (TPSA) is 180 Å². The molecule has 1 aliphatic heterocycles. The number of halogens is 3. The molecular formula is C28H35F3N5O8P. The van der Waals surface area contributed by atoms with E-state index in [1.54, 1.807) is 30.3 Å². The highest BCUT2D eigenvalue weighted by Gasteiger charge is 2.54. The molecule has 45 heavy (non-hydrogen) atoms. The van der Waals surface area contributed by atoms with Crippen molar-refractivity contribution in [3.8, 4) is 5.75 Å². The molecule has 2 aliphatic rings. The average Bonchev–Trinajstić information content (AvgIpc) is 3.52. The molecule has 0 unspecified atom stereocenters. The number of nitrogens with zero attached hydrogens (tertiary/aromatic N) is 3. The Kier molecular flexibility index (Phi) is 9.45. The Morgan fingerprint density at radius 2 is 1.89 bits per heavy atom. The Bertz CT molecular complexity index is 1540. The van der Waals surface area contributed by atoms with E-state index in [0.29, 0.717) is 11.2 Å². The highest BCUT2D eigenvalue weighted by molar-refractivity contribution is 7.52. The normalized spacial score (nSPS) is 29.3.